The minimum atomic E-state index is -5.63. The van der Waals surface area contributed by atoms with Crippen molar-refractivity contribution in [3.63, 3.8) is 0 Å². The number of ether oxygens (including phenoxy) is 2. The molecular formula is C8H6ClF13O2. The maximum absolute atomic E-state index is 11.5. The minimum Gasteiger partial charge on any atom is -0.345 e. The van der Waals surface area contributed by atoms with E-state index in [1.807, 2.05) is 0 Å². The van der Waals surface area contributed by atoms with Gasteiger partial charge in [0.2, 0.25) is 0 Å². The van der Waals surface area contributed by atoms with Gasteiger partial charge in [0.25, 0.3) is 12.2 Å². The van der Waals surface area contributed by atoms with Crippen LogP contribution < -0.4 is 0 Å². The molecular weight excluding hydrogens is 411 g/mol. The Hall–Kier alpha value is -0.700. The Kier molecular flexibility index (Phi) is 9.71. The number of hydrogen-bond donors (Lipinski definition) is 0. The molecule has 0 aromatic rings. The van der Waals surface area contributed by atoms with Crippen LogP contribution in [0.1, 0.15) is 0 Å². The fourth-order valence-corrected chi connectivity index (χ4v) is 1.00. The lowest BCUT2D eigenvalue weighted by Crippen LogP contribution is -2.44. The predicted molar refractivity (Wildman–Crippen MR) is 50.7 cm³/mol. The summed E-state index contributed by atoms with van der Waals surface area (Å²) < 4.78 is 155. The number of hydrogen-bond acceptors (Lipinski definition) is 2. The zero-order chi connectivity index (χ0) is 20.0. The summed E-state index contributed by atoms with van der Waals surface area (Å²) in [6, 6.07) is -1.16. The maximum atomic E-state index is 11.5. The topological polar surface area (TPSA) is 18.5 Å². The molecule has 0 amide bonds. The molecule has 16 heteroatoms. The van der Waals surface area contributed by atoms with Gasteiger partial charge >= 0.3 is 24.7 Å². The number of halogens is 14. The summed E-state index contributed by atoms with van der Waals surface area (Å²) in [4.78, 5) is 0. The Morgan fingerprint density at radius 3 is 0.917 bits per heavy atom. The van der Waals surface area contributed by atoms with Gasteiger partial charge in [0.05, 0.1) is 0 Å². The van der Waals surface area contributed by atoms with Crippen LogP contribution in [-0.4, -0.2) is 49.8 Å². The van der Waals surface area contributed by atoms with Crippen molar-refractivity contribution in [2.24, 2.45) is 0 Å². The predicted octanol–water partition coefficient (Wildman–Crippen LogP) is 5.12. The maximum Gasteiger partial charge on any atom is 0.423 e. The highest BCUT2D eigenvalue weighted by atomic mass is 35.5. The SMILES string of the molecule is FC(F)(F)C(OCCl)C(F)(F)F.FCOC(C(F)(F)F)C(F)(F)F. The monoisotopic (exact) mass is 416 g/mol. The minimum absolute atomic E-state index is 1.16. The van der Waals surface area contributed by atoms with E-state index in [2.05, 4.69) is 21.1 Å². The van der Waals surface area contributed by atoms with E-state index in [1.165, 1.54) is 0 Å². The molecule has 0 aromatic carbocycles. The molecule has 0 N–H and O–H groups in total. The van der Waals surface area contributed by atoms with Gasteiger partial charge in [0.15, 0.2) is 6.86 Å². The molecule has 0 aliphatic rings. The average molecular weight is 417 g/mol. The molecule has 0 heterocycles. The van der Waals surface area contributed by atoms with Crippen LogP contribution in [0, 0.1) is 0 Å². The Morgan fingerprint density at radius 2 is 0.833 bits per heavy atom. The Balaban J connectivity index is 0. The highest BCUT2D eigenvalue weighted by molar-refractivity contribution is 6.17. The van der Waals surface area contributed by atoms with Crippen LogP contribution in [0.3, 0.4) is 0 Å². The van der Waals surface area contributed by atoms with E-state index in [-0.39, 0.29) is 0 Å². The van der Waals surface area contributed by atoms with Crippen LogP contribution >= 0.6 is 11.6 Å². The summed E-state index contributed by atoms with van der Waals surface area (Å²) in [5.41, 5.74) is 0. The van der Waals surface area contributed by atoms with Gasteiger partial charge in [-0.1, -0.05) is 11.6 Å². The molecule has 0 rings (SSSR count). The van der Waals surface area contributed by atoms with Gasteiger partial charge in [-0.2, -0.15) is 52.7 Å². The second-order valence-corrected chi connectivity index (χ2v) is 3.70. The molecule has 0 fully saturated rings. The van der Waals surface area contributed by atoms with Crippen LogP contribution in [0.5, 0.6) is 0 Å². The molecule has 0 aliphatic carbocycles. The number of rotatable bonds is 4. The highest BCUT2D eigenvalue weighted by Crippen LogP contribution is 2.36. The molecule has 0 aliphatic heterocycles. The van der Waals surface area contributed by atoms with Gasteiger partial charge in [-0.3, -0.25) is 0 Å². The van der Waals surface area contributed by atoms with E-state index in [4.69, 9.17) is 0 Å². The van der Waals surface area contributed by atoms with Crippen LogP contribution in [0.15, 0.2) is 0 Å². The molecule has 0 saturated carbocycles. The standard InChI is InChI=1S/C4H3ClF6O.C4H3F7O/c2*5-1-12-2(3(6,7)8)4(9,10)11/h2*2H,1H2. The first-order valence-corrected chi connectivity index (χ1v) is 5.54. The second kappa shape index (κ2) is 9.12. The fourth-order valence-electron chi connectivity index (χ4n) is 0.875. The van der Waals surface area contributed by atoms with Crippen molar-refractivity contribution in [1.29, 1.82) is 0 Å². The zero-order valence-corrected chi connectivity index (χ0v) is 11.4. The third-order valence-corrected chi connectivity index (χ3v) is 1.77. The molecule has 0 radical (unpaired) electrons. The summed E-state index contributed by atoms with van der Waals surface area (Å²) in [5.74, 6) is 0. The van der Waals surface area contributed by atoms with Crippen LogP contribution in [0.25, 0.3) is 0 Å². The molecule has 0 saturated heterocycles. The van der Waals surface area contributed by atoms with E-state index in [0.29, 0.717) is 0 Å². The van der Waals surface area contributed by atoms with Gasteiger partial charge in [-0.25, -0.2) is 4.39 Å². The number of alkyl halides is 14. The van der Waals surface area contributed by atoms with Crippen molar-refractivity contribution in [2.75, 3.05) is 12.9 Å². The van der Waals surface area contributed by atoms with E-state index in [1.54, 1.807) is 0 Å². The molecule has 0 atom stereocenters. The van der Waals surface area contributed by atoms with Gasteiger partial charge in [-0.05, 0) is 0 Å². The summed E-state index contributed by atoms with van der Waals surface area (Å²) in [7, 11) is 0. The van der Waals surface area contributed by atoms with Gasteiger partial charge in [0.1, 0.15) is 6.07 Å². The lowest BCUT2D eigenvalue weighted by molar-refractivity contribution is -0.327. The van der Waals surface area contributed by atoms with E-state index in [9.17, 15) is 57.1 Å². The molecule has 0 unspecified atom stereocenters. The first kappa shape index (κ1) is 25.5. The van der Waals surface area contributed by atoms with Crippen molar-refractivity contribution >= 4 is 11.6 Å². The summed E-state index contributed by atoms with van der Waals surface area (Å²) in [6.07, 6.45) is -30.1. The van der Waals surface area contributed by atoms with Gasteiger partial charge in [0, 0.05) is 0 Å². The van der Waals surface area contributed by atoms with Gasteiger partial charge < -0.3 is 9.47 Å². The summed E-state index contributed by atoms with van der Waals surface area (Å²) in [6.45, 7) is -2.14. The van der Waals surface area contributed by atoms with Crippen LogP contribution in [0.4, 0.5) is 57.1 Å². The molecule has 24 heavy (non-hydrogen) atoms. The Morgan fingerprint density at radius 1 is 0.583 bits per heavy atom. The van der Waals surface area contributed by atoms with E-state index < -0.39 is 49.8 Å². The Bertz CT molecular complexity index is 282. The second-order valence-electron chi connectivity index (χ2n) is 3.48. The molecule has 2 nitrogen and oxygen atoms in total. The van der Waals surface area contributed by atoms with Gasteiger partial charge in [-0.15, -0.1) is 0 Å². The summed E-state index contributed by atoms with van der Waals surface area (Å²) in [5, 5.41) is 0. The smallest absolute Gasteiger partial charge is 0.345 e. The van der Waals surface area contributed by atoms with Crippen molar-refractivity contribution in [3.05, 3.63) is 0 Å². The third-order valence-electron chi connectivity index (χ3n) is 1.65. The molecule has 0 spiro atoms. The third kappa shape index (κ3) is 10.2. The van der Waals surface area contributed by atoms with E-state index >= 15 is 0 Å². The van der Waals surface area contributed by atoms with Crippen LogP contribution in [0.2, 0.25) is 0 Å². The quantitative estimate of drug-likeness (QED) is 0.468. The average Bonchev–Trinajstić information content (AvgIpc) is 2.28. The normalized spacial score (nSPS) is 14.0. The summed E-state index contributed by atoms with van der Waals surface area (Å²) >= 11 is 4.59. The highest BCUT2D eigenvalue weighted by Gasteiger charge is 2.58. The first-order chi connectivity index (χ1) is 10.4. The fraction of sp³-hybridized carbons (Fsp3) is 1.00. The van der Waals surface area contributed by atoms with E-state index in [0.717, 1.165) is 0 Å². The first-order valence-electron chi connectivity index (χ1n) is 5.01. The van der Waals surface area contributed by atoms with Crippen molar-refractivity contribution in [2.45, 2.75) is 36.9 Å². The van der Waals surface area contributed by atoms with Crippen molar-refractivity contribution in [1.82, 2.24) is 0 Å². The molecule has 0 bridgehead atoms. The Labute approximate surface area is 129 Å². The lowest BCUT2D eigenvalue weighted by atomic mass is 10.3. The molecule has 148 valence electrons. The zero-order valence-electron chi connectivity index (χ0n) is 10.7. The van der Waals surface area contributed by atoms with Crippen molar-refractivity contribution in [3.8, 4) is 0 Å². The molecule has 0 aromatic heterocycles. The lowest BCUT2D eigenvalue weighted by Gasteiger charge is -2.21. The largest absolute Gasteiger partial charge is 0.423 e. The van der Waals surface area contributed by atoms with Crippen molar-refractivity contribution < 1.29 is 66.5 Å². The van der Waals surface area contributed by atoms with Crippen LogP contribution in [-0.2, 0) is 9.47 Å².